The number of hydrogen-bond donors (Lipinski definition) is 3. The summed E-state index contributed by atoms with van der Waals surface area (Å²) in [6, 6.07) is 0. The number of nitrogens with zero attached hydrogens (tertiary/aromatic N) is 2. The van der Waals surface area contributed by atoms with E-state index in [9.17, 15) is 8.42 Å². The molecule has 0 unspecified atom stereocenters. The molecule has 4 N–H and O–H groups in total. The molecule has 0 aliphatic carbocycles. The fourth-order valence-corrected chi connectivity index (χ4v) is 2.43. The molecule has 17 heavy (non-hydrogen) atoms. The van der Waals surface area contributed by atoms with Crippen molar-refractivity contribution in [3.8, 4) is 0 Å². The predicted octanol–water partition coefficient (Wildman–Crippen LogP) is -0.206. The summed E-state index contributed by atoms with van der Waals surface area (Å²) in [5, 5.41) is 0. The van der Waals surface area contributed by atoms with Crippen LogP contribution in [-0.4, -0.2) is 36.9 Å². The van der Waals surface area contributed by atoms with Crippen LogP contribution < -0.4 is 16.0 Å². The van der Waals surface area contributed by atoms with Crippen LogP contribution in [-0.2, 0) is 10.0 Å². The maximum atomic E-state index is 11.7. The van der Waals surface area contributed by atoms with Crippen molar-refractivity contribution in [2.45, 2.75) is 11.3 Å². The van der Waals surface area contributed by atoms with Gasteiger partial charge in [-0.3, -0.25) is 5.43 Å². The summed E-state index contributed by atoms with van der Waals surface area (Å²) in [7, 11) is -3.52. The summed E-state index contributed by atoms with van der Waals surface area (Å²) >= 11 is 1.67. The molecule has 1 heterocycles. The maximum Gasteiger partial charge on any atom is 0.243 e. The lowest BCUT2D eigenvalue weighted by Gasteiger charge is -2.06. The minimum absolute atomic E-state index is 0.0284. The second-order valence-electron chi connectivity index (χ2n) is 3.13. The third-order valence-corrected chi connectivity index (χ3v) is 4.00. The number of nitrogens with two attached hydrogens (primary N) is 1. The van der Waals surface area contributed by atoms with E-state index in [1.165, 1.54) is 12.4 Å². The number of sulfonamides is 1. The van der Waals surface area contributed by atoms with Gasteiger partial charge in [-0.2, -0.15) is 11.8 Å². The SMILES string of the molecule is CSCCCNS(=O)(=O)c1cnc(NN)nc1. The van der Waals surface area contributed by atoms with E-state index < -0.39 is 10.0 Å². The Balaban J connectivity index is 2.62. The topological polar surface area (TPSA) is 110 Å². The lowest BCUT2D eigenvalue weighted by atomic mass is 10.5. The Hall–Kier alpha value is -0.900. The number of aromatic nitrogens is 2. The summed E-state index contributed by atoms with van der Waals surface area (Å²) in [6.07, 6.45) is 5.17. The van der Waals surface area contributed by atoms with Gasteiger partial charge in [0.05, 0.1) is 12.4 Å². The van der Waals surface area contributed by atoms with Gasteiger partial charge in [-0.05, 0) is 18.4 Å². The molecule has 0 fully saturated rings. The van der Waals surface area contributed by atoms with Crippen LogP contribution in [0.3, 0.4) is 0 Å². The second kappa shape index (κ2) is 6.74. The Labute approximate surface area is 105 Å². The van der Waals surface area contributed by atoms with E-state index in [2.05, 4.69) is 20.1 Å². The van der Waals surface area contributed by atoms with Gasteiger partial charge in [-0.25, -0.2) is 29.0 Å². The van der Waals surface area contributed by atoms with Crippen LogP contribution in [0.25, 0.3) is 0 Å². The number of hydrazine groups is 1. The van der Waals surface area contributed by atoms with Gasteiger partial charge in [-0.1, -0.05) is 0 Å². The van der Waals surface area contributed by atoms with Crippen LogP contribution >= 0.6 is 11.8 Å². The van der Waals surface area contributed by atoms with Gasteiger partial charge < -0.3 is 0 Å². The zero-order chi connectivity index (χ0) is 12.7. The van der Waals surface area contributed by atoms with Crippen molar-refractivity contribution in [3.63, 3.8) is 0 Å². The molecule has 96 valence electrons. The molecule has 7 nitrogen and oxygen atoms in total. The largest absolute Gasteiger partial charge is 0.292 e. The number of hydrogen-bond acceptors (Lipinski definition) is 7. The lowest BCUT2D eigenvalue weighted by Crippen LogP contribution is -2.25. The highest BCUT2D eigenvalue weighted by atomic mass is 32.2. The normalized spacial score (nSPS) is 11.4. The highest BCUT2D eigenvalue weighted by Crippen LogP contribution is 2.06. The maximum absolute atomic E-state index is 11.7. The fraction of sp³-hybridized carbons (Fsp3) is 0.500. The van der Waals surface area contributed by atoms with Crippen molar-refractivity contribution in [2.24, 2.45) is 5.84 Å². The van der Waals surface area contributed by atoms with Gasteiger partial charge >= 0.3 is 0 Å². The molecule has 1 aromatic heterocycles. The quantitative estimate of drug-likeness (QED) is 0.359. The Bertz CT molecular complexity index is 434. The van der Waals surface area contributed by atoms with Gasteiger partial charge in [0.25, 0.3) is 0 Å². The predicted molar refractivity (Wildman–Crippen MR) is 68.0 cm³/mol. The molecule has 0 amide bonds. The van der Waals surface area contributed by atoms with E-state index in [0.29, 0.717) is 6.54 Å². The highest BCUT2D eigenvalue weighted by molar-refractivity contribution is 7.98. The Morgan fingerprint density at radius 1 is 1.41 bits per heavy atom. The van der Waals surface area contributed by atoms with Crippen LogP contribution in [0.2, 0.25) is 0 Å². The summed E-state index contributed by atoms with van der Waals surface area (Å²) in [5.41, 5.74) is 2.23. The fourth-order valence-electron chi connectivity index (χ4n) is 1.04. The molecule has 0 aliphatic rings. The monoisotopic (exact) mass is 277 g/mol. The van der Waals surface area contributed by atoms with Crippen LogP contribution in [0.1, 0.15) is 6.42 Å². The average Bonchev–Trinajstić information content (AvgIpc) is 2.35. The Morgan fingerprint density at radius 2 is 2.06 bits per heavy atom. The third kappa shape index (κ3) is 4.46. The van der Waals surface area contributed by atoms with Crippen molar-refractivity contribution in [3.05, 3.63) is 12.4 Å². The first-order valence-electron chi connectivity index (χ1n) is 4.87. The number of anilines is 1. The van der Waals surface area contributed by atoms with Gasteiger partial charge in [0.2, 0.25) is 16.0 Å². The molecule has 9 heteroatoms. The van der Waals surface area contributed by atoms with E-state index in [-0.39, 0.29) is 10.8 Å². The molecule has 1 rings (SSSR count). The number of nitrogens with one attached hydrogen (secondary N) is 2. The summed E-state index contributed by atoms with van der Waals surface area (Å²) < 4.78 is 26.0. The Morgan fingerprint density at radius 3 is 2.59 bits per heavy atom. The Kier molecular flexibility index (Phi) is 5.62. The van der Waals surface area contributed by atoms with Crippen molar-refractivity contribution in [1.82, 2.24) is 14.7 Å². The van der Waals surface area contributed by atoms with Crippen molar-refractivity contribution in [1.29, 1.82) is 0 Å². The van der Waals surface area contributed by atoms with E-state index in [1.807, 2.05) is 6.26 Å². The van der Waals surface area contributed by atoms with E-state index in [1.54, 1.807) is 11.8 Å². The molecule has 0 aromatic carbocycles. The number of nitrogen functional groups attached to an aromatic ring is 1. The average molecular weight is 277 g/mol. The smallest absolute Gasteiger partial charge is 0.243 e. The minimum atomic E-state index is -3.52. The number of rotatable bonds is 7. The summed E-state index contributed by atoms with van der Waals surface area (Å²) in [4.78, 5) is 7.50. The molecule has 0 bridgehead atoms. The molecular formula is C8H15N5O2S2. The molecule has 0 spiro atoms. The van der Waals surface area contributed by atoms with Crippen LogP contribution in [0.15, 0.2) is 17.3 Å². The molecule has 0 radical (unpaired) electrons. The minimum Gasteiger partial charge on any atom is -0.292 e. The van der Waals surface area contributed by atoms with Gasteiger partial charge in [0.1, 0.15) is 4.90 Å². The zero-order valence-corrected chi connectivity index (χ0v) is 11.0. The van der Waals surface area contributed by atoms with E-state index in [4.69, 9.17) is 5.84 Å². The molecule has 0 aliphatic heterocycles. The zero-order valence-electron chi connectivity index (χ0n) is 9.38. The van der Waals surface area contributed by atoms with Gasteiger partial charge in [0, 0.05) is 6.54 Å². The van der Waals surface area contributed by atoms with Gasteiger partial charge in [0.15, 0.2) is 0 Å². The third-order valence-electron chi connectivity index (χ3n) is 1.88. The lowest BCUT2D eigenvalue weighted by molar-refractivity contribution is 0.580. The summed E-state index contributed by atoms with van der Waals surface area (Å²) in [6.45, 7) is 0.403. The van der Waals surface area contributed by atoms with E-state index in [0.717, 1.165) is 12.2 Å². The molecule has 0 saturated carbocycles. The first-order valence-corrected chi connectivity index (χ1v) is 7.75. The van der Waals surface area contributed by atoms with Crippen molar-refractivity contribution >= 4 is 27.7 Å². The first kappa shape index (κ1) is 14.2. The number of thioether (sulfide) groups is 1. The molecule has 0 saturated heterocycles. The van der Waals surface area contributed by atoms with Crippen LogP contribution in [0.5, 0.6) is 0 Å². The van der Waals surface area contributed by atoms with Crippen molar-refractivity contribution < 1.29 is 8.42 Å². The molecule has 0 atom stereocenters. The van der Waals surface area contributed by atoms with Crippen LogP contribution in [0.4, 0.5) is 5.95 Å². The first-order chi connectivity index (χ1) is 8.10. The molecular weight excluding hydrogens is 262 g/mol. The van der Waals surface area contributed by atoms with Crippen LogP contribution in [0, 0.1) is 0 Å². The molecule has 1 aromatic rings. The van der Waals surface area contributed by atoms with Crippen molar-refractivity contribution in [2.75, 3.05) is 24.0 Å². The van der Waals surface area contributed by atoms with E-state index >= 15 is 0 Å². The standard InChI is InChI=1S/C8H15N5O2S2/c1-16-4-2-3-12-17(14,15)7-5-10-8(13-9)11-6-7/h5-6,12H,2-4,9H2,1H3,(H,10,11,13). The highest BCUT2D eigenvalue weighted by Gasteiger charge is 2.14. The van der Waals surface area contributed by atoms with Gasteiger partial charge in [-0.15, -0.1) is 0 Å². The summed E-state index contributed by atoms with van der Waals surface area (Å²) in [5.74, 6) is 6.16. The second-order valence-corrected chi connectivity index (χ2v) is 5.88.